The molecule has 74 valence electrons. The normalized spacial score (nSPS) is 9.00. The van der Waals surface area contributed by atoms with Crippen LogP contribution in [0.3, 0.4) is 0 Å². The van der Waals surface area contributed by atoms with Gasteiger partial charge in [0.15, 0.2) is 0 Å². The van der Waals surface area contributed by atoms with Gasteiger partial charge in [-0.1, -0.05) is 18.2 Å². The minimum Gasteiger partial charge on any atom is -0.207 e. The summed E-state index contributed by atoms with van der Waals surface area (Å²) in [5.41, 5.74) is 1.95. The molecule has 0 aliphatic heterocycles. The number of benzene rings is 1. The average molecular weight is 199 g/mol. The highest BCUT2D eigenvalue weighted by atomic mass is 19.1. The predicted molar refractivity (Wildman–Crippen MR) is 57.4 cm³/mol. The summed E-state index contributed by atoms with van der Waals surface area (Å²) in [6, 6.07) is 6.10. The summed E-state index contributed by atoms with van der Waals surface area (Å²) in [6.07, 6.45) is 6.14. The van der Waals surface area contributed by atoms with Gasteiger partial charge in [-0.2, -0.15) is 5.26 Å². The standard InChI is InChI=1S/C13H10FN/c1-3-4-10(2)7-11-5-6-13(14)8-12(11)9-15/h1,5-6,8H,2,4,7H2. The van der Waals surface area contributed by atoms with E-state index in [4.69, 9.17) is 11.7 Å². The molecule has 0 unspecified atom stereocenters. The Bertz CT molecular complexity index is 460. The van der Waals surface area contributed by atoms with Gasteiger partial charge in [0, 0.05) is 6.42 Å². The molecule has 1 aromatic carbocycles. The van der Waals surface area contributed by atoms with Crippen LogP contribution in [0.1, 0.15) is 17.5 Å². The van der Waals surface area contributed by atoms with Crippen molar-refractivity contribution in [2.24, 2.45) is 0 Å². The van der Waals surface area contributed by atoms with Gasteiger partial charge in [-0.05, 0) is 24.1 Å². The fourth-order valence-corrected chi connectivity index (χ4v) is 1.28. The van der Waals surface area contributed by atoms with E-state index in [2.05, 4.69) is 12.5 Å². The monoisotopic (exact) mass is 199 g/mol. The molecule has 0 aromatic heterocycles. The third-order valence-corrected chi connectivity index (χ3v) is 1.98. The van der Waals surface area contributed by atoms with Crippen molar-refractivity contribution in [1.29, 1.82) is 5.26 Å². The van der Waals surface area contributed by atoms with E-state index in [0.29, 0.717) is 18.4 Å². The SMILES string of the molecule is C#CCC(=C)Cc1ccc(F)cc1C#N. The maximum absolute atomic E-state index is 12.8. The molecule has 1 aromatic rings. The molecule has 0 amide bonds. The molecule has 0 aliphatic rings. The number of halogens is 1. The van der Waals surface area contributed by atoms with Crippen molar-refractivity contribution in [2.75, 3.05) is 0 Å². The molecule has 2 heteroatoms. The van der Waals surface area contributed by atoms with Crippen LogP contribution in [-0.4, -0.2) is 0 Å². The molecular formula is C13H10FN. The molecule has 0 radical (unpaired) electrons. The Morgan fingerprint density at radius 2 is 2.27 bits per heavy atom. The highest BCUT2D eigenvalue weighted by Crippen LogP contribution is 2.15. The zero-order chi connectivity index (χ0) is 11.3. The Morgan fingerprint density at radius 1 is 1.53 bits per heavy atom. The molecule has 1 nitrogen and oxygen atoms in total. The fraction of sp³-hybridized carbons (Fsp3) is 0.154. The van der Waals surface area contributed by atoms with Crippen LogP contribution < -0.4 is 0 Å². The van der Waals surface area contributed by atoms with Crippen LogP contribution in [0, 0.1) is 29.5 Å². The summed E-state index contributed by atoms with van der Waals surface area (Å²) >= 11 is 0. The van der Waals surface area contributed by atoms with Gasteiger partial charge in [0.1, 0.15) is 5.82 Å². The Morgan fingerprint density at radius 3 is 2.87 bits per heavy atom. The minimum absolute atomic E-state index is 0.341. The number of hydrogen-bond acceptors (Lipinski definition) is 1. The molecule has 1 rings (SSSR count). The average Bonchev–Trinajstić information content (AvgIpc) is 2.21. The molecule has 0 saturated carbocycles. The maximum Gasteiger partial charge on any atom is 0.124 e. The second kappa shape index (κ2) is 4.98. The van der Waals surface area contributed by atoms with Crippen molar-refractivity contribution < 1.29 is 4.39 Å². The lowest BCUT2D eigenvalue weighted by molar-refractivity contribution is 0.626. The van der Waals surface area contributed by atoms with Crippen LogP contribution in [0.5, 0.6) is 0 Å². The van der Waals surface area contributed by atoms with E-state index in [1.165, 1.54) is 12.1 Å². The molecule has 0 aliphatic carbocycles. The summed E-state index contributed by atoms with van der Waals surface area (Å²) < 4.78 is 12.8. The Kier molecular flexibility index (Phi) is 3.66. The lowest BCUT2D eigenvalue weighted by Crippen LogP contribution is -1.94. The topological polar surface area (TPSA) is 23.8 Å². The third kappa shape index (κ3) is 2.97. The van der Waals surface area contributed by atoms with Gasteiger partial charge in [-0.3, -0.25) is 0 Å². The molecule has 0 heterocycles. The van der Waals surface area contributed by atoms with Crippen LogP contribution in [0.4, 0.5) is 4.39 Å². The lowest BCUT2D eigenvalue weighted by atomic mass is 10.00. The van der Waals surface area contributed by atoms with Crippen LogP contribution in [0.15, 0.2) is 30.4 Å². The first-order valence-electron chi connectivity index (χ1n) is 4.46. The van der Waals surface area contributed by atoms with E-state index in [1.54, 1.807) is 6.07 Å². The van der Waals surface area contributed by atoms with Gasteiger partial charge in [0.25, 0.3) is 0 Å². The Hall–Kier alpha value is -2.06. The van der Waals surface area contributed by atoms with Crippen LogP contribution in [0.25, 0.3) is 0 Å². The van der Waals surface area contributed by atoms with E-state index in [-0.39, 0.29) is 0 Å². The largest absolute Gasteiger partial charge is 0.207 e. The number of nitrogens with zero attached hydrogens (tertiary/aromatic N) is 1. The molecule has 0 fully saturated rings. The molecule has 0 saturated heterocycles. The molecule has 0 atom stereocenters. The third-order valence-electron chi connectivity index (χ3n) is 1.98. The summed E-state index contributed by atoms with van der Waals surface area (Å²) in [4.78, 5) is 0. The first-order chi connectivity index (χ1) is 7.17. The van der Waals surface area contributed by atoms with Crippen molar-refractivity contribution >= 4 is 0 Å². The first kappa shape index (κ1) is 11.0. The van der Waals surface area contributed by atoms with Crippen LogP contribution in [0.2, 0.25) is 0 Å². The Balaban J connectivity index is 2.92. The van der Waals surface area contributed by atoms with E-state index < -0.39 is 5.82 Å². The zero-order valence-corrected chi connectivity index (χ0v) is 8.26. The quantitative estimate of drug-likeness (QED) is 0.542. The number of terminal acetylenes is 1. The van der Waals surface area contributed by atoms with Gasteiger partial charge in [-0.15, -0.1) is 12.3 Å². The molecule has 0 bridgehead atoms. The maximum atomic E-state index is 12.8. The summed E-state index contributed by atoms with van der Waals surface area (Å²) in [5, 5.41) is 8.80. The second-order valence-electron chi connectivity index (χ2n) is 3.22. The van der Waals surface area contributed by atoms with E-state index in [0.717, 1.165) is 11.1 Å². The minimum atomic E-state index is -0.405. The predicted octanol–water partition coefficient (Wildman–Crippen LogP) is 2.82. The van der Waals surface area contributed by atoms with Crippen molar-refractivity contribution in [3.05, 3.63) is 47.3 Å². The second-order valence-corrected chi connectivity index (χ2v) is 3.22. The molecule has 0 N–H and O–H groups in total. The first-order valence-corrected chi connectivity index (χ1v) is 4.46. The van der Waals surface area contributed by atoms with Gasteiger partial charge in [-0.25, -0.2) is 4.39 Å². The number of allylic oxidation sites excluding steroid dienone is 1. The zero-order valence-electron chi connectivity index (χ0n) is 8.26. The Labute approximate surface area is 88.9 Å². The lowest BCUT2D eigenvalue weighted by Gasteiger charge is -2.04. The van der Waals surface area contributed by atoms with Crippen molar-refractivity contribution in [2.45, 2.75) is 12.8 Å². The van der Waals surface area contributed by atoms with Crippen molar-refractivity contribution in [3.63, 3.8) is 0 Å². The highest BCUT2D eigenvalue weighted by molar-refractivity contribution is 5.40. The summed E-state index contributed by atoms with van der Waals surface area (Å²) in [7, 11) is 0. The van der Waals surface area contributed by atoms with Gasteiger partial charge < -0.3 is 0 Å². The van der Waals surface area contributed by atoms with Crippen molar-refractivity contribution in [1.82, 2.24) is 0 Å². The molecular weight excluding hydrogens is 189 g/mol. The fourth-order valence-electron chi connectivity index (χ4n) is 1.28. The molecule has 15 heavy (non-hydrogen) atoms. The van der Waals surface area contributed by atoms with E-state index >= 15 is 0 Å². The number of hydrogen-bond donors (Lipinski definition) is 0. The highest BCUT2D eigenvalue weighted by Gasteiger charge is 2.04. The summed E-state index contributed by atoms with van der Waals surface area (Å²) in [6.45, 7) is 3.79. The van der Waals surface area contributed by atoms with Gasteiger partial charge in [0.05, 0.1) is 11.6 Å². The van der Waals surface area contributed by atoms with Crippen molar-refractivity contribution in [3.8, 4) is 18.4 Å². The van der Waals surface area contributed by atoms with Crippen LogP contribution in [-0.2, 0) is 6.42 Å². The van der Waals surface area contributed by atoms with Gasteiger partial charge >= 0.3 is 0 Å². The van der Waals surface area contributed by atoms with Crippen LogP contribution >= 0.6 is 0 Å². The van der Waals surface area contributed by atoms with Gasteiger partial charge in [0.2, 0.25) is 0 Å². The summed E-state index contributed by atoms with van der Waals surface area (Å²) in [5.74, 6) is 2.08. The van der Waals surface area contributed by atoms with E-state index in [1.807, 2.05) is 6.07 Å². The number of rotatable bonds is 3. The molecule has 0 spiro atoms. The smallest absolute Gasteiger partial charge is 0.124 e. The number of nitriles is 1. The van der Waals surface area contributed by atoms with E-state index in [9.17, 15) is 4.39 Å².